The molecule has 20 heavy (non-hydrogen) atoms. The number of aromatic nitrogens is 1. The summed E-state index contributed by atoms with van der Waals surface area (Å²) in [6, 6.07) is 9.93. The summed E-state index contributed by atoms with van der Waals surface area (Å²) in [6.07, 6.45) is 4.58. The van der Waals surface area contributed by atoms with Gasteiger partial charge in [0.25, 0.3) is 0 Å². The lowest BCUT2D eigenvalue weighted by atomic mass is 10.2. The minimum Gasteiger partial charge on any atom is -0.491 e. The summed E-state index contributed by atoms with van der Waals surface area (Å²) in [7, 11) is 2.05. The third kappa shape index (κ3) is 3.63. The molecular weight excluding hydrogens is 250 g/mol. The number of rotatable bonds is 6. The molecule has 0 saturated heterocycles. The zero-order valence-corrected chi connectivity index (χ0v) is 12.0. The molecule has 2 N–H and O–H groups in total. The first kappa shape index (κ1) is 14.2. The Bertz CT molecular complexity index is 543. The van der Waals surface area contributed by atoms with E-state index in [1.807, 2.05) is 42.7 Å². The average Bonchev–Trinajstić information content (AvgIpc) is 2.47. The van der Waals surface area contributed by atoms with Gasteiger partial charge in [-0.25, -0.2) is 0 Å². The second-order valence-corrected chi connectivity index (χ2v) is 4.78. The molecule has 0 spiro atoms. The number of hydrogen-bond acceptors (Lipinski definition) is 4. The lowest BCUT2D eigenvalue weighted by Gasteiger charge is -2.21. The van der Waals surface area contributed by atoms with Gasteiger partial charge in [0.15, 0.2) is 0 Å². The Labute approximate surface area is 120 Å². The van der Waals surface area contributed by atoms with E-state index in [0.717, 1.165) is 24.4 Å². The van der Waals surface area contributed by atoms with Crippen LogP contribution in [0, 0.1) is 0 Å². The van der Waals surface area contributed by atoms with Crippen LogP contribution in [0.15, 0.2) is 42.7 Å². The summed E-state index contributed by atoms with van der Waals surface area (Å²) in [5, 5.41) is 0. The number of nitrogens with zero attached hydrogens (tertiary/aromatic N) is 2. The van der Waals surface area contributed by atoms with Gasteiger partial charge in [-0.1, -0.05) is 6.92 Å². The predicted octanol–water partition coefficient (Wildman–Crippen LogP) is 3.09. The molecule has 0 fully saturated rings. The largest absolute Gasteiger partial charge is 0.491 e. The quantitative estimate of drug-likeness (QED) is 0.820. The van der Waals surface area contributed by atoms with Crippen molar-refractivity contribution in [2.24, 2.45) is 0 Å². The van der Waals surface area contributed by atoms with Crippen LogP contribution in [-0.2, 0) is 6.54 Å². The molecule has 0 unspecified atom stereocenters. The zero-order chi connectivity index (χ0) is 14.4. The zero-order valence-electron chi connectivity index (χ0n) is 12.0. The molecule has 1 heterocycles. The summed E-state index contributed by atoms with van der Waals surface area (Å²) in [5.41, 5.74) is 8.91. The summed E-state index contributed by atoms with van der Waals surface area (Å²) in [4.78, 5) is 6.19. The first-order valence-corrected chi connectivity index (χ1v) is 6.83. The van der Waals surface area contributed by atoms with E-state index in [1.54, 1.807) is 0 Å². The van der Waals surface area contributed by atoms with E-state index in [9.17, 15) is 0 Å². The SMILES string of the molecule is CCCOc1cc(N(C)Cc2ccncc2)ccc1N. The van der Waals surface area contributed by atoms with E-state index >= 15 is 0 Å². The van der Waals surface area contributed by atoms with Gasteiger partial charge in [-0.3, -0.25) is 4.98 Å². The van der Waals surface area contributed by atoms with Crippen molar-refractivity contribution in [3.63, 3.8) is 0 Å². The molecule has 0 aliphatic heterocycles. The van der Waals surface area contributed by atoms with Crippen molar-refractivity contribution in [1.29, 1.82) is 0 Å². The molecule has 0 atom stereocenters. The summed E-state index contributed by atoms with van der Waals surface area (Å²) >= 11 is 0. The Kier molecular flexibility index (Phi) is 4.82. The molecule has 0 amide bonds. The van der Waals surface area contributed by atoms with Gasteiger partial charge < -0.3 is 15.4 Å². The predicted molar refractivity (Wildman–Crippen MR) is 83.0 cm³/mol. The molecule has 2 rings (SSSR count). The number of nitrogens with two attached hydrogens (primary N) is 1. The average molecular weight is 271 g/mol. The van der Waals surface area contributed by atoms with Gasteiger partial charge in [0, 0.05) is 37.7 Å². The van der Waals surface area contributed by atoms with Gasteiger partial charge >= 0.3 is 0 Å². The van der Waals surface area contributed by atoms with Gasteiger partial charge in [0.1, 0.15) is 5.75 Å². The van der Waals surface area contributed by atoms with Gasteiger partial charge in [-0.15, -0.1) is 0 Å². The lowest BCUT2D eigenvalue weighted by molar-refractivity contribution is 0.319. The number of hydrogen-bond donors (Lipinski definition) is 1. The number of nitrogen functional groups attached to an aromatic ring is 1. The van der Waals surface area contributed by atoms with Crippen LogP contribution in [0.2, 0.25) is 0 Å². The van der Waals surface area contributed by atoms with E-state index < -0.39 is 0 Å². The highest BCUT2D eigenvalue weighted by Gasteiger charge is 2.06. The van der Waals surface area contributed by atoms with Crippen molar-refractivity contribution in [3.05, 3.63) is 48.3 Å². The van der Waals surface area contributed by atoms with Gasteiger partial charge in [-0.2, -0.15) is 0 Å². The number of ether oxygens (including phenoxy) is 1. The molecule has 0 saturated carbocycles. The normalized spacial score (nSPS) is 10.3. The second kappa shape index (κ2) is 6.80. The van der Waals surface area contributed by atoms with Crippen LogP contribution < -0.4 is 15.4 Å². The maximum Gasteiger partial charge on any atom is 0.144 e. The van der Waals surface area contributed by atoms with Crippen LogP contribution in [0.4, 0.5) is 11.4 Å². The molecule has 4 nitrogen and oxygen atoms in total. The van der Waals surface area contributed by atoms with Crippen molar-refractivity contribution >= 4 is 11.4 Å². The summed E-state index contributed by atoms with van der Waals surface area (Å²) < 4.78 is 5.67. The number of pyridine rings is 1. The molecule has 106 valence electrons. The smallest absolute Gasteiger partial charge is 0.144 e. The van der Waals surface area contributed by atoms with Crippen molar-refractivity contribution in [2.45, 2.75) is 19.9 Å². The van der Waals surface area contributed by atoms with Crippen molar-refractivity contribution in [1.82, 2.24) is 4.98 Å². The van der Waals surface area contributed by atoms with E-state index in [2.05, 4.69) is 23.9 Å². The van der Waals surface area contributed by atoms with Crippen LogP contribution in [0.3, 0.4) is 0 Å². The van der Waals surface area contributed by atoms with E-state index in [-0.39, 0.29) is 0 Å². The fourth-order valence-corrected chi connectivity index (χ4v) is 1.95. The number of benzene rings is 1. The minimum atomic E-state index is 0.680. The van der Waals surface area contributed by atoms with Crippen molar-refractivity contribution in [2.75, 3.05) is 24.3 Å². The maximum absolute atomic E-state index is 5.93. The molecular formula is C16H21N3O. The Morgan fingerprint density at radius 3 is 2.65 bits per heavy atom. The molecule has 0 bridgehead atoms. The van der Waals surface area contributed by atoms with E-state index in [0.29, 0.717) is 12.3 Å². The highest BCUT2D eigenvalue weighted by atomic mass is 16.5. The topological polar surface area (TPSA) is 51.4 Å². The molecule has 1 aromatic carbocycles. The van der Waals surface area contributed by atoms with E-state index in [4.69, 9.17) is 10.5 Å². The van der Waals surface area contributed by atoms with Crippen LogP contribution in [0.1, 0.15) is 18.9 Å². The van der Waals surface area contributed by atoms with Gasteiger partial charge in [0.2, 0.25) is 0 Å². The van der Waals surface area contributed by atoms with Crippen LogP contribution >= 0.6 is 0 Å². The minimum absolute atomic E-state index is 0.680. The van der Waals surface area contributed by atoms with Gasteiger partial charge in [-0.05, 0) is 36.2 Å². The van der Waals surface area contributed by atoms with Crippen molar-refractivity contribution in [3.8, 4) is 5.75 Å². The standard InChI is InChI=1S/C16H21N3O/c1-3-10-20-16-11-14(4-5-15(16)17)19(2)12-13-6-8-18-9-7-13/h4-9,11H,3,10,12,17H2,1-2H3. The van der Waals surface area contributed by atoms with Crippen molar-refractivity contribution < 1.29 is 4.74 Å². The third-order valence-electron chi connectivity index (χ3n) is 3.07. The molecule has 4 heteroatoms. The first-order valence-electron chi connectivity index (χ1n) is 6.83. The monoisotopic (exact) mass is 271 g/mol. The Morgan fingerprint density at radius 1 is 1.20 bits per heavy atom. The lowest BCUT2D eigenvalue weighted by Crippen LogP contribution is -2.16. The van der Waals surface area contributed by atoms with E-state index in [1.165, 1.54) is 5.56 Å². The molecule has 0 radical (unpaired) electrons. The summed E-state index contributed by atoms with van der Waals surface area (Å²) in [5.74, 6) is 0.755. The second-order valence-electron chi connectivity index (χ2n) is 4.78. The highest BCUT2D eigenvalue weighted by Crippen LogP contribution is 2.28. The Hall–Kier alpha value is -2.23. The maximum atomic E-state index is 5.93. The number of anilines is 2. The molecule has 0 aliphatic carbocycles. The Morgan fingerprint density at radius 2 is 1.95 bits per heavy atom. The molecule has 1 aromatic heterocycles. The fraction of sp³-hybridized carbons (Fsp3) is 0.312. The Balaban J connectivity index is 2.11. The van der Waals surface area contributed by atoms with Crippen LogP contribution in [0.5, 0.6) is 5.75 Å². The third-order valence-corrected chi connectivity index (χ3v) is 3.07. The first-order chi connectivity index (χ1) is 9.70. The molecule has 0 aliphatic rings. The van der Waals surface area contributed by atoms with Gasteiger partial charge in [0.05, 0.1) is 12.3 Å². The fourth-order valence-electron chi connectivity index (χ4n) is 1.95. The summed E-state index contributed by atoms with van der Waals surface area (Å²) in [6.45, 7) is 3.58. The molecule has 2 aromatic rings. The van der Waals surface area contributed by atoms with Crippen LogP contribution in [0.25, 0.3) is 0 Å². The highest BCUT2D eigenvalue weighted by molar-refractivity contribution is 5.62. The van der Waals surface area contributed by atoms with Crippen LogP contribution in [-0.4, -0.2) is 18.6 Å².